The summed E-state index contributed by atoms with van der Waals surface area (Å²) >= 11 is 6.37. The lowest BCUT2D eigenvalue weighted by Crippen LogP contribution is -2.56. The molecule has 0 fully saturated rings. The topological polar surface area (TPSA) is 96.0 Å². The number of hydrogen-bond donors (Lipinski definition) is 1. The highest BCUT2D eigenvalue weighted by Crippen LogP contribution is 2.30. The summed E-state index contributed by atoms with van der Waals surface area (Å²) in [5.74, 6) is -0.330. The van der Waals surface area contributed by atoms with Gasteiger partial charge in [0, 0.05) is 23.5 Å². The average molecular weight is 676 g/mol. The second-order valence-corrected chi connectivity index (χ2v) is 14.9. The minimum atomic E-state index is -4.25. The number of carbonyl (C=O) groups excluding carboxylic acids is 2. The zero-order valence-electron chi connectivity index (χ0n) is 27.7. The Morgan fingerprint density at radius 2 is 1.53 bits per heavy atom. The highest BCUT2D eigenvalue weighted by Gasteiger charge is 2.36. The van der Waals surface area contributed by atoms with E-state index in [4.69, 9.17) is 16.3 Å². The van der Waals surface area contributed by atoms with Crippen molar-refractivity contribution in [3.8, 4) is 5.75 Å². The first-order chi connectivity index (χ1) is 22.2. The molecular weight excluding hydrogens is 634 g/mol. The number of benzene rings is 4. The highest BCUT2D eigenvalue weighted by atomic mass is 35.5. The van der Waals surface area contributed by atoms with Crippen LogP contribution in [0, 0.1) is 13.8 Å². The Morgan fingerprint density at radius 3 is 2.17 bits per heavy atom. The number of sulfonamides is 1. The van der Waals surface area contributed by atoms with Gasteiger partial charge in [-0.05, 0) is 87.7 Å². The third-order valence-electron chi connectivity index (χ3n) is 7.58. The monoisotopic (exact) mass is 675 g/mol. The van der Waals surface area contributed by atoms with Crippen molar-refractivity contribution < 1.29 is 22.7 Å². The van der Waals surface area contributed by atoms with Gasteiger partial charge < -0.3 is 15.0 Å². The molecule has 0 saturated carbocycles. The summed E-state index contributed by atoms with van der Waals surface area (Å²) in [6.45, 7) is 8.69. The van der Waals surface area contributed by atoms with Crippen LogP contribution in [0.5, 0.6) is 5.75 Å². The summed E-state index contributed by atoms with van der Waals surface area (Å²) in [6.07, 6.45) is 0.208. The smallest absolute Gasteiger partial charge is 0.264 e. The molecule has 47 heavy (non-hydrogen) atoms. The van der Waals surface area contributed by atoms with E-state index in [9.17, 15) is 18.0 Å². The zero-order valence-corrected chi connectivity index (χ0v) is 29.2. The van der Waals surface area contributed by atoms with Crippen molar-refractivity contribution >= 4 is 39.1 Å². The van der Waals surface area contributed by atoms with Crippen LogP contribution in [0.25, 0.3) is 0 Å². The van der Waals surface area contributed by atoms with Gasteiger partial charge >= 0.3 is 0 Å². The van der Waals surface area contributed by atoms with Crippen LogP contribution in [0.4, 0.5) is 5.69 Å². The van der Waals surface area contributed by atoms with Crippen molar-refractivity contribution in [3.63, 3.8) is 0 Å². The molecule has 0 bridgehead atoms. The first-order valence-corrected chi connectivity index (χ1v) is 17.1. The molecule has 1 unspecified atom stereocenters. The van der Waals surface area contributed by atoms with E-state index in [0.717, 1.165) is 15.4 Å². The van der Waals surface area contributed by atoms with Crippen molar-refractivity contribution in [3.05, 3.63) is 124 Å². The van der Waals surface area contributed by atoms with E-state index in [0.29, 0.717) is 21.9 Å². The maximum atomic E-state index is 14.7. The summed E-state index contributed by atoms with van der Waals surface area (Å²) < 4.78 is 35.1. The van der Waals surface area contributed by atoms with Gasteiger partial charge in [-0.2, -0.15) is 0 Å². The van der Waals surface area contributed by atoms with Crippen LogP contribution >= 0.6 is 11.6 Å². The Bertz CT molecular complexity index is 1810. The third-order valence-corrected chi connectivity index (χ3v) is 9.59. The molecule has 0 radical (unpaired) electrons. The summed E-state index contributed by atoms with van der Waals surface area (Å²) in [7, 11) is -2.70. The molecule has 0 aliphatic rings. The lowest BCUT2D eigenvalue weighted by Gasteiger charge is -2.35. The number of halogens is 1. The molecule has 2 amide bonds. The second-order valence-electron chi connectivity index (χ2n) is 12.6. The fraction of sp³-hybridized carbons (Fsp3) is 0.297. The predicted octanol–water partition coefficient (Wildman–Crippen LogP) is 6.72. The van der Waals surface area contributed by atoms with Crippen LogP contribution in [0.1, 0.15) is 43.0 Å². The van der Waals surface area contributed by atoms with E-state index in [2.05, 4.69) is 5.32 Å². The Morgan fingerprint density at radius 1 is 0.872 bits per heavy atom. The lowest BCUT2D eigenvalue weighted by atomic mass is 10.0. The molecule has 4 aromatic carbocycles. The Balaban J connectivity index is 1.86. The van der Waals surface area contributed by atoms with Crippen LogP contribution in [-0.2, 0) is 32.6 Å². The van der Waals surface area contributed by atoms with E-state index < -0.39 is 34.1 Å². The molecule has 0 heterocycles. The van der Waals surface area contributed by atoms with Crippen molar-refractivity contribution in [1.29, 1.82) is 0 Å². The van der Waals surface area contributed by atoms with Gasteiger partial charge in [0.15, 0.2) is 0 Å². The summed E-state index contributed by atoms with van der Waals surface area (Å²) in [5.41, 5.74) is 2.75. The maximum absolute atomic E-state index is 14.7. The Labute approximate surface area is 283 Å². The van der Waals surface area contributed by atoms with Gasteiger partial charge in [-0.3, -0.25) is 13.9 Å². The van der Waals surface area contributed by atoms with E-state index in [1.807, 2.05) is 70.2 Å². The standard InChI is InChI=1S/C37H42ClN3O5S/c1-26-15-19-32(20-16-26)47(44,45)41(33-23-30(38)18-17-27(33)2)25-35(42)40(24-29-13-10-14-31(21-29)46-6)34(36(43)39-37(3,4)5)22-28-11-8-7-9-12-28/h7-21,23,34H,22,24-25H2,1-6H3,(H,39,43). The Kier molecular flexibility index (Phi) is 11.4. The maximum Gasteiger partial charge on any atom is 0.264 e. The van der Waals surface area contributed by atoms with Crippen LogP contribution in [0.3, 0.4) is 0 Å². The summed E-state index contributed by atoms with van der Waals surface area (Å²) in [4.78, 5) is 30.2. The van der Waals surface area contributed by atoms with Gasteiger partial charge in [-0.25, -0.2) is 8.42 Å². The predicted molar refractivity (Wildman–Crippen MR) is 187 cm³/mol. The van der Waals surface area contributed by atoms with Crippen LogP contribution in [0.15, 0.2) is 102 Å². The van der Waals surface area contributed by atoms with E-state index in [1.165, 1.54) is 23.1 Å². The number of hydrogen-bond acceptors (Lipinski definition) is 5. The van der Waals surface area contributed by atoms with E-state index in [-0.39, 0.29) is 29.5 Å². The number of methoxy groups -OCH3 is 1. The normalized spacial score (nSPS) is 12.2. The third kappa shape index (κ3) is 9.36. The van der Waals surface area contributed by atoms with Crippen molar-refractivity contribution in [2.45, 2.75) is 64.1 Å². The number of amides is 2. The summed E-state index contributed by atoms with van der Waals surface area (Å²) in [6, 6.07) is 27.1. The minimum Gasteiger partial charge on any atom is -0.497 e. The van der Waals surface area contributed by atoms with Gasteiger partial charge in [-0.1, -0.05) is 77.8 Å². The molecule has 0 aromatic heterocycles. The molecule has 0 saturated heterocycles. The quantitative estimate of drug-likeness (QED) is 0.180. The SMILES string of the molecule is COc1cccc(CN(C(=O)CN(c2cc(Cl)ccc2C)S(=O)(=O)c2ccc(C)cc2)C(Cc2ccccc2)C(=O)NC(C)(C)C)c1. The van der Waals surface area contributed by atoms with E-state index in [1.54, 1.807) is 50.4 Å². The number of carbonyl (C=O) groups is 2. The average Bonchev–Trinajstić information content (AvgIpc) is 3.02. The molecule has 4 aromatic rings. The molecule has 248 valence electrons. The largest absolute Gasteiger partial charge is 0.497 e. The second kappa shape index (κ2) is 15.0. The number of nitrogens with zero attached hydrogens (tertiary/aromatic N) is 2. The first kappa shape index (κ1) is 35.5. The van der Waals surface area contributed by atoms with E-state index >= 15 is 0 Å². The van der Waals surface area contributed by atoms with Gasteiger partial charge in [0.05, 0.1) is 17.7 Å². The van der Waals surface area contributed by atoms with Gasteiger partial charge in [0.2, 0.25) is 11.8 Å². The molecule has 0 spiro atoms. The van der Waals surface area contributed by atoms with Crippen molar-refractivity contribution in [2.75, 3.05) is 18.0 Å². The van der Waals surface area contributed by atoms with Gasteiger partial charge in [-0.15, -0.1) is 0 Å². The van der Waals surface area contributed by atoms with Gasteiger partial charge in [0.1, 0.15) is 18.3 Å². The molecule has 4 rings (SSSR count). The molecule has 0 aliphatic carbocycles. The van der Waals surface area contributed by atoms with Gasteiger partial charge in [0.25, 0.3) is 10.0 Å². The first-order valence-electron chi connectivity index (χ1n) is 15.3. The van der Waals surface area contributed by atoms with Crippen molar-refractivity contribution in [2.24, 2.45) is 0 Å². The molecule has 1 atom stereocenters. The fourth-order valence-electron chi connectivity index (χ4n) is 5.18. The molecule has 10 heteroatoms. The molecular formula is C37H42ClN3O5S. The molecule has 1 N–H and O–H groups in total. The fourth-order valence-corrected chi connectivity index (χ4v) is 6.81. The number of aryl methyl sites for hydroxylation is 2. The molecule has 8 nitrogen and oxygen atoms in total. The number of nitrogens with one attached hydrogen (secondary N) is 1. The number of anilines is 1. The molecule has 0 aliphatic heterocycles. The summed E-state index contributed by atoms with van der Waals surface area (Å²) in [5, 5.41) is 3.36. The van der Waals surface area contributed by atoms with Crippen LogP contribution in [-0.4, -0.2) is 50.4 Å². The minimum absolute atomic E-state index is 0.0258. The van der Waals surface area contributed by atoms with Crippen LogP contribution < -0.4 is 14.4 Å². The lowest BCUT2D eigenvalue weighted by molar-refractivity contribution is -0.140. The van der Waals surface area contributed by atoms with Crippen molar-refractivity contribution in [1.82, 2.24) is 10.2 Å². The number of rotatable bonds is 12. The van der Waals surface area contributed by atoms with Crippen LogP contribution in [0.2, 0.25) is 5.02 Å². The zero-order chi connectivity index (χ0) is 34.4. The Hall–Kier alpha value is -4.34. The highest BCUT2D eigenvalue weighted by molar-refractivity contribution is 7.92. The number of ether oxygens (including phenoxy) is 1.